The fourth-order valence-corrected chi connectivity index (χ4v) is 5.83. The van der Waals surface area contributed by atoms with Gasteiger partial charge in [0.05, 0.1) is 12.5 Å². The van der Waals surface area contributed by atoms with Crippen LogP contribution in [0.25, 0.3) is 10.8 Å². The van der Waals surface area contributed by atoms with Crippen LogP contribution in [0.5, 0.6) is 0 Å². The summed E-state index contributed by atoms with van der Waals surface area (Å²) in [7, 11) is 0. The van der Waals surface area contributed by atoms with Crippen LogP contribution in [0.3, 0.4) is 0 Å². The number of carbonyl (C=O) groups excluding carboxylic acids is 1. The summed E-state index contributed by atoms with van der Waals surface area (Å²) in [5.74, 6) is -2.23. The van der Waals surface area contributed by atoms with E-state index in [0.29, 0.717) is 37.2 Å². The van der Waals surface area contributed by atoms with Crippen LogP contribution < -0.4 is 5.32 Å². The van der Waals surface area contributed by atoms with Gasteiger partial charge in [-0.15, -0.1) is 0 Å². The summed E-state index contributed by atoms with van der Waals surface area (Å²) in [5, 5.41) is 5.67. The van der Waals surface area contributed by atoms with Gasteiger partial charge < -0.3 is 15.0 Å². The van der Waals surface area contributed by atoms with E-state index in [9.17, 15) is 13.6 Å². The van der Waals surface area contributed by atoms with Gasteiger partial charge in [0.25, 0.3) is 0 Å². The van der Waals surface area contributed by atoms with Crippen LogP contribution in [0.2, 0.25) is 0 Å². The maximum absolute atomic E-state index is 14.3. The van der Waals surface area contributed by atoms with E-state index in [0.717, 1.165) is 34.7 Å². The Labute approximate surface area is 197 Å². The van der Waals surface area contributed by atoms with Crippen molar-refractivity contribution in [3.05, 3.63) is 82.4 Å². The normalized spacial score (nSPS) is 23.9. The molecule has 3 aliphatic rings. The SMILES string of the molecule is Cc1ccc2ccccc2c1CN(C(=O)C1CNCCC12OCc1cc(F)c(F)cc12)C1CC1. The molecule has 176 valence electrons. The molecule has 2 aliphatic heterocycles. The molecule has 1 aliphatic carbocycles. The topological polar surface area (TPSA) is 41.6 Å². The molecule has 0 aromatic heterocycles. The standard InChI is InChI=1S/C28H28F2N2O2/c1-17-6-7-18-4-2-3-5-21(18)22(17)15-32(20-8-9-20)27(33)24-14-31-11-10-28(24)23-13-26(30)25(29)12-19(23)16-34-28/h2-7,12-13,20,24,31H,8-11,14-16H2,1H3. The zero-order valence-corrected chi connectivity index (χ0v) is 19.2. The summed E-state index contributed by atoms with van der Waals surface area (Å²) in [6.07, 6.45) is 2.52. The number of benzene rings is 3. The molecule has 3 aromatic carbocycles. The highest BCUT2D eigenvalue weighted by Crippen LogP contribution is 2.48. The van der Waals surface area contributed by atoms with Crippen LogP contribution in [0, 0.1) is 24.5 Å². The first-order valence-corrected chi connectivity index (χ1v) is 12.1. The molecule has 0 bridgehead atoms. The Bertz CT molecular complexity index is 1290. The van der Waals surface area contributed by atoms with Gasteiger partial charge in [0.2, 0.25) is 5.91 Å². The molecule has 2 unspecified atom stereocenters. The number of halogens is 2. The molecule has 1 amide bonds. The van der Waals surface area contributed by atoms with Crippen LogP contribution in [-0.4, -0.2) is 29.9 Å². The van der Waals surface area contributed by atoms with Gasteiger partial charge >= 0.3 is 0 Å². The maximum Gasteiger partial charge on any atom is 0.230 e. The summed E-state index contributed by atoms with van der Waals surface area (Å²) in [6.45, 7) is 3.94. The number of amides is 1. The minimum absolute atomic E-state index is 0.0274. The van der Waals surface area contributed by atoms with E-state index < -0.39 is 23.2 Å². The molecular formula is C28H28F2N2O2. The van der Waals surface area contributed by atoms with Crippen LogP contribution in [0.4, 0.5) is 8.78 Å². The van der Waals surface area contributed by atoms with Crippen molar-refractivity contribution in [3.8, 4) is 0 Å². The number of carbonyl (C=O) groups is 1. The minimum atomic E-state index is -0.923. The number of hydrogen-bond acceptors (Lipinski definition) is 3. The number of nitrogens with one attached hydrogen (secondary N) is 1. The molecule has 1 spiro atoms. The average molecular weight is 463 g/mol. The second-order valence-electron chi connectivity index (χ2n) is 9.89. The van der Waals surface area contributed by atoms with E-state index in [2.05, 4.69) is 36.5 Å². The summed E-state index contributed by atoms with van der Waals surface area (Å²) >= 11 is 0. The Morgan fingerprint density at radius 2 is 1.94 bits per heavy atom. The van der Waals surface area contributed by atoms with Crippen LogP contribution in [-0.2, 0) is 28.3 Å². The molecule has 34 heavy (non-hydrogen) atoms. The van der Waals surface area contributed by atoms with Gasteiger partial charge in [0.1, 0.15) is 5.60 Å². The molecule has 1 saturated carbocycles. The highest BCUT2D eigenvalue weighted by atomic mass is 19.2. The summed E-state index contributed by atoms with van der Waals surface area (Å²) in [5.41, 5.74) is 2.67. The van der Waals surface area contributed by atoms with Crippen LogP contribution >= 0.6 is 0 Å². The lowest BCUT2D eigenvalue weighted by atomic mass is 9.75. The van der Waals surface area contributed by atoms with Crippen molar-refractivity contribution in [1.82, 2.24) is 10.2 Å². The van der Waals surface area contributed by atoms with E-state index >= 15 is 0 Å². The Kier molecular flexibility index (Phi) is 5.19. The molecule has 1 saturated heterocycles. The number of ether oxygens (including phenoxy) is 1. The first kappa shape index (κ1) is 21.7. The third kappa shape index (κ3) is 3.43. The molecule has 2 atom stereocenters. The quantitative estimate of drug-likeness (QED) is 0.596. The van der Waals surface area contributed by atoms with Crippen molar-refractivity contribution in [2.24, 2.45) is 5.92 Å². The van der Waals surface area contributed by atoms with Crippen molar-refractivity contribution < 1.29 is 18.3 Å². The number of hydrogen-bond donors (Lipinski definition) is 1. The number of fused-ring (bicyclic) bond motifs is 3. The fraction of sp³-hybridized carbons (Fsp3) is 0.393. The van der Waals surface area contributed by atoms with E-state index in [1.165, 1.54) is 12.1 Å². The van der Waals surface area contributed by atoms with Gasteiger partial charge in [-0.1, -0.05) is 36.4 Å². The number of nitrogens with zero attached hydrogens (tertiary/aromatic N) is 1. The third-order valence-corrected chi connectivity index (χ3v) is 7.84. The molecule has 0 radical (unpaired) electrons. The Morgan fingerprint density at radius 3 is 2.76 bits per heavy atom. The van der Waals surface area contributed by atoms with E-state index in [-0.39, 0.29) is 18.6 Å². The lowest BCUT2D eigenvalue weighted by molar-refractivity contribution is -0.157. The number of aryl methyl sites for hydroxylation is 1. The number of rotatable bonds is 4. The van der Waals surface area contributed by atoms with Gasteiger partial charge in [-0.2, -0.15) is 0 Å². The molecule has 6 heteroatoms. The van der Waals surface area contributed by atoms with Crippen LogP contribution in [0.15, 0.2) is 48.5 Å². The Hall–Kier alpha value is -2.83. The van der Waals surface area contributed by atoms with Crippen molar-refractivity contribution in [2.45, 2.75) is 51.0 Å². The maximum atomic E-state index is 14.3. The molecule has 1 N–H and O–H groups in total. The minimum Gasteiger partial charge on any atom is -0.365 e. The van der Waals surface area contributed by atoms with Gasteiger partial charge in [-0.05, 0) is 77.9 Å². The molecule has 6 rings (SSSR count). The van der Waals surface area contributed by atoms with Crippen LogP contribution in [0.1, 0.15) is 41.5 Å². The van der Waals surface area contributed by atoms with E-state index in [4.69, 9.17) is 4.74 Å². The Morgan fingerprint density at radius 1 is 1.15 bits per heavy atom. The highest BCUT2D eigenvalue weighted by molar-refractivity contribution is 5.88. The fourth-order valence-electron chi connectivity index (χ4n) is 5.83. The zero-order chi connectivity index (χ0) is 23.4. The molecule has 2 fully saturated rings. The zero-order valence-electron chi connectivity index (χ0n) is 19.2. The smallest absolute Gasteiger partial charge is 0.230 e. The van der Waals surface area contributed by atoms with Crippen molar-refractivity contribution in [3.63, 3.8) is 0 Å². The van der Waals surface area contributed by atoms with Crippen molar-refractivity contribution in [1.29, 1.82) is 0 Å². The summed E-state index contributed by atoms with van der Waals surface area (Å²) < 4.78 is 34.5. The van der Waals surface area contributed by atoms with Crippen molar-refractivity contribution >= 4 is 16.7 Å². The number of piperidine rings is 1. The summed E-state index contributed by atoms with van der Waals surface area (Å²) in [4.78, 5) is 16.2. The predicted octanol–water partition coefficient (Wildman–Crippen LogP) is 4.95. The van der Waals surface area contributed by atoms with E-state index in [1.54, 1.807) is 0 Å². The molecule has 2 heterocycles. The van der Waals surface area contributed by atoms with Crippen molar-refractivity contribution in [2.75, 3.05) is 13.1 Å². The van der Waals surface area contributed by atoms with Gasteiger partial charge in [-0.3, -0.25) is 4.79 Å². The summed E-state index contributed by atoms with van der Waals surface area (Å²) in [6, 6.07) is 15.2. The first-order chi connectivity index (χ1) is 16.5. The molecular weight excluding hydrogens is 434 g/mol. The van der Waals surface area contributed by atoms with Gasteiger partial charge in [-0.25, -0.2) is 8.78 Å². The molecule has 4 nitrogen and oxygen atoms in total. The monoisotopic (exact) mass is 462 g/mol. The third-order valence-electron chi connectivity index (χ3n) is 7.84. The lowest BCUT2D eigenvalue weighted by Crippen LogP contribution is -2.55. The van der Waals surface area contributed by atoms with Gasteiger partial charge in [0, 0.05) is 19.1 Å². The van der Waals surface area contributed by atoms with E-state index in [1.807, 2.05) is 17.0 Å². The second-order valence-corrected chi connectivity index (χ2v) is 9.89. The molecule has 3 aromatic rings. The largest absolute Gasteiger partial charge is 0.365 e. The average Bonchev–Trinajstić information content (AvgIpc) is 3.64. The first-order valence-electron chi connectivity index (χ1n) is 12.1. The Balaban J connectivity index is 1.38. The lowest BCUT2D eigenvalue weighted by Gasteiger charge is -2.43. The highest BCUT2D eigenvalue weighted by Gasteiger charge is 2.53. The predicted molar refractivity (Wildman–Crippen MR) is 126 cm³/mol. The second kappa shape index (κ2) is 8.14. The van der Waals surface area contributed by atoms with Gasteiger partial charge in [0.15, 0.2) is 11.6 Å².